The molecule has 0 saturated carbocycles. The summed E-state index contributed by atoms with van der Waals surface area (Å²) < 4.78 is 19.8. The molecule has 0 fully saturated rings. The van der Waals surface area contributed by atoms with E-state index in [0.717, 1.165) is 5.56 Å². The Hall–Kier alpha value is -2.66. The van der Waals surface area contributed by atoms with Crippen LogP contribution in [0.1, 0.15) is 30.4 Å². The molecular formula is C21H19ClFNO3. The highest BCUT2D eigenvalue weighted by Gasteiger charge is 2.35. The monoisotopic (exact) mass is 387 g/mol. The molecule has 1 aliphatic heterocycles. The van der Waals surface area contributed by atoms with Crippen LogP contribution in [0.3, 0.4) is 0 Å². The molecule has 1 aliphatic rings. The lowest BCUT2D eigenvalue weighted by molar-refractivity contribution is -0.139. The van der Waals surface area contributed by atoms with Crippen molar-refractivity contribution in [1.82, 2.24) is 5.32 Å². The van der Waals surface area contributed by atoms with Gasteiger partial charge in [-0.25, -0.2) is 9.18 Å². The lowest BCUT2D eigenvalue weighted by atomic mass is 9.84. The van der Waals surface area contributed by atoms with Gasteiger partial charge in [-0.05, 0) is 24.6 Å². The average Bonchev–Trinajstić information content (AvgIpc) is 2.62. The number of halogens is 2. The van der Waals surface area contributed by atoms with Crippen molar-refractivity contribution >= 4 is 23.5 Å². The predicted molar refractivity (Wildman–Crippen MR) is 101 cm³/mol. The Morgan fingerprint density at radius 3 is 2.67 bits per heavy atom. The van der Waals surface area contributed by atoms with E-state index in [4.69, 9.17) is 16.3 Å². The maximum atomic E-state index is 14.4. The molecular weight excluding hydrogens is 369 g/mol. The van der Waals surface area contributed by atoms with Crippen LogP contribution in [0.15, 0.2) is 59.8 Å². The first-order valence-corrected chi connectivity index (χ1v) is 9.00. The highest BCUT2D eigenvalue weighted by Crippen LogP contribution is 2.38. The molecule has 1 N–H and O–H groups in total. The van der Waals surface area contributed by atoms with Crippen LogP contribution >= 0.6 is 11.6 Å². The first-order valence-electron chi connectivity index (χ1n) is 8.63. The first-order chi connectivity index (χ1) is 13.0. The van der Waals surface area contributed by atoms with Gasteiger partial charge in [-0.3, -0.25) is 4.79 Å². The molecule has 0 aromatic heterocycles. The Balaban J connectivity index is 1.82. The Morgan fingerprint density at radius 2 is 1.96 bits per heavy atom. The van der Waals surface area contributed by atoms with E-state index in [0.29, 0.717) is 12.1 Å². The smallest absolute Gasteiger partial charge is 0.336 e. The van der Waals surface area contributed by atoms with E-state index in [1.807, 2.05) is 30.3 Å². The third kappa shape index (κ3) is 4.37. The Bertz CT molecular complexity index is 875. The van der Waals surface area contributed by atoms with Crippen LogP contribution in [0.4, 0.5) is 4.39 Å². The molecule has 1 heterocycles. The van der Waals surface area contributed by atoms with Crippen LogP contribution in [0.25, 0.3) is 0 Å². The molecule has 140 valence electrons. The van der Waals surface area contributed by atoms with Crippen LogP contribution in [0.5, 0.6) is 0 Å². The van der Waals surface area contributed by atoms with Crippen LogP contribution in [-0.2, 0) is 20.7 Å². The molecule has 0 spiro atoms. The first kappa shape index (κ1) is 19.1. The van der Waals surface area contributed by atoms with Crippen LogP contribution in [0, 0.1) is 5.82 Å². The SMILES string of the molecule is CC1=C(C(=O)OCCc2ccccc2)C(c2c(F)cccc2Cl)CC(=O)N1. The molecule has 3 rings (SSSR count). The molecule has 0 bridgehead atoms. The van der Waals surface area contributed by atoms with E-state index in [-0.39, 0.29) is 35.1 Å². The van der Waals surface area contributed by atoms with Crippen LogP contribution in [0.2, 0.25) is 5.02 Å². The predicted octanol–water partition coefficient (Wildman–Crippen LogP) is 4.14. The number of hydrogen-bond donors (Lipinski definition) is 1. The fraction of sp³-hybridized carbons (Fsp3) is 0.238. The topological polar surface area (TPSA) is 55.4 Å². The van der Waals surface area contributed by atoms with Gasteiger partial charge < -0.3 is 10.1 Å². The van der Waals surface area contributed by atoms with Gasteiger partial charge in [-0.1, -0.05) is 48.0 Å². The van der Waals surface area contributed by atoms with E-state index in [1.165, 1.54) is 12.1 Å². The number of benzene rings is 2. The largest absolute Gasteiger partial charge is 0.462 e. The van der Waals surface area contributed by atoms with Crippen molar-refractivity contribution in [3.8, 4) is 0 Å². The van der Waals surface area contributed by atoms with Crippen molar-refractivity contribution in [2.45, 2.75) is 25.7 Å². The Morgan fingerprint density at radius 1 is 1.22 bits per heavy atom. The third-order valence-corrected chi connectivity index (χ3v) is 4.83. The standard InChI is InChI=1S/C21H19ClFNO3/c1-13-19(21(26)27-11-10-14-6-3-2-4-7-14)15(12-18(25)24-13)20-16(22)8-5-9-17(20)23/h2-9,15H,10-12H2,1H3,(H,24,25). The van der Waals surface area contributed by atoms with Gasteiger partial charge in [0.2, 0.25) is 5.91 Å². The molecule has 0 saturated heterocycles. The molecule has 4 nitrogen and oxygen atoms in total. The number of carbonyl (C=O) groups is 2. The number of esters is 1. The second kappa shape index (κ2) is 8.35. The molecule has 1 atom stereocenters. The van der Waals surface area contributed by atoms with Crippen molar-refractivity contribution in [1.29, 1.82) is 0 Å². The lowest BCUT2D eigenvalue weighted by Gasteiger charge is -2.27. The van der Waals surface area contributed by atoms with E-state index in [9.17, 15) is 14.0 Å². The summed E-state index contributed by atoms with van der Waals surface area (Å²) in [7, 11) is 0. The fourth-order valence-corrected chi connectivity index (χ4v) is 3.54. The summed E-state index contributed by atoms with van der Waals surface area (Å²) in [6, 6.07) is 13.9. The van der Waals surface area contributed by atoms with Gasteiger partial charge in [0.05, 0.1) is 12.2 Å². The summed E-state index contributed by atoms with van der Waals surface area (Å²) in [5.41, 5.74) is 1.78. The van der Waals surface area contributed by atoms with Gasteiger partial charge in [0.25, 0.3) is 0 Å². The number of allylic oxidation sites excluding steroid dienone is 1. The summed E-state index contributed by atoms with van der Waals surface area (Å²) in [6.07, 6.45) is 0.498. The molecule has 27 heavy (non-hydrogen) atoms. The zero-order valence-corrected chi connectivity index (χ0v) is 15.6. The number of ether oxygens (including phenoxy) is 1. The molecule has 1 unspecified atom stereocenters. The summed E-state index contributed by atoms with van der Waals surface area (Å²) in [6.45, 7) is 1.79. The highest BCUT2D eigenvalue weighted by atomic mass is 35.5. The minimum Gasteiger partial charge on any atom is -0.462 e. The van der Waals surface area contributed by atoms with Gasteiger partial charge in [0, 0.05) is 35.0 Å². The van der Waals surface area contributed by atoms with Crippen molar-refractivity contribution in [3.05, 3.63) is 81.8 Å². The Labute approximate surface area is 162 Å². The van der Waals surface area contributed by atoms with Crippen molar-refractivity contribution < 1.29 is 18.7 Å². The fourth-order valence-electron chi connectivity index (χ4n) is 3.25. The van der Waals surface area contributed by atoms with E-state index in [2.05, 4.69) is 5.32 Å². The quantitative estimate of drug-likeness (QED) is 0.784. The van der Waals surface area contributed by atoms with Gasteiger partial charge >= 0.3 is 5.97 Å². The summed E-state index contributed by atoms with van der Waals surface area (Å²) in [4.78, 5) is 24.7. The molecule has 0 radical (unpaired) electrons. The van der Waals surface area contributed by atoms with Crippen molar-refractivity contribution in [3.63, 3.8) is 0 Å². The van der Waals surface area contributed by atoms with Gasteiger partial charge in [0.15, 0.2) is 0 Å². The normalized spacial score (nSPS) is 16.9. The second-order valence-electron chi connectivity index (χ2n) is 6.35. The molecule has 1 amide bonds. The van der Waals surface area contributed by atoms with Crippen LogP contribution in [-0.4, -0.2) is 18.5 Å². The minimum atomic E-state index is -0.781. The molecule has 6 heteroatoms. The maximum absolute atomic E-state index is 14.4. The average molecular weight is 388 g/mol. The zero-order valence-electron chi connectivity index (χ0n) is 14.8. The van der Waals surface area contributed by atoms with Crippen LogP contribution < -0.4 is 5.32 Å². The lowest BCUT2D eigenvalue weighted by Crippen LogP contribution is -2.34. The number of rotatable bonds is 5. The van der Waals surface area contributed by atoms with E-state index >= 15 is 0 Å². The van der Waals surface area contributed by atoms with Gasteiger partial charge in [-0.2, -0.15) is 0 Å². The summed E-state index contributed by atoms with van der Waals surface area (Å²) in [5.74, 6) is -2.20. The van der Waals surface area contributed by atoms with Gasteiger partial charge in [0.1, 0.15) is 5.82 Å². The third-order valence-electron chi connectivity index (χ3n) is 4.50. The van der Waals surface area contributed by atoms with Crippen molar-refractivity contribution in [2.24, 2.45) is 0 Å². The summed E-state index contributed by atoms with van der Waals surface area (Å²) >= 11 is 6.17. The number of hydrogen-bond acceptors (Lipinski definition) is 3. The molecule has 2 aromatic rings. The minimum absolute atomic E-state index is 0.0683. The number of carbonyl (C=O) groups excluding carboxylic acids is 2. The number of nitrogens with one attached hydrogen (secondary N) is 1. The summed E-state index contributed by atoms with van der Waals surface area (Å²) in [5, 5.41) is 2.81. The van der Waals surface area contributed by atoms with E-state index < -0.39 is 17.7 Å². The maximum Gasteiger partial charge on any atom is 0.336 e. The highest BCUT2D eigenvalue weighted by molar-refractivity contribution is 6.31. The Kier molecular flexibility index (Phi) is 5.91. The van der Waals surface area contributed by atoms with Crippen molar-refractivity contribution in [2.75, 3.05) is 6.61 Å². The second-order valence-corrected chi connectivity index (χ2v) is 6.76. The number of amides is 1. The van der Waals surface area contributed by atoms with E-state index in [1.54, 1.807) is 13.0 Å². The molecule has 2 aromatic carbocycles. The zero-order chi connectivity index (χ0) is 19.4. The molecule has 0 aliphatic carbocycles. The van der Waals surface area contributed by atoms with Gasteiger partial charge in [-0.15, -0.1) is 0 Å².